The molecule has 0 saturated carbocycles. The first-order valence-electron chi connectivity index (χ1n) is 13.4. The van der Waals surface area contributed by atoms with Crippen LogP contribution < -0.4 is 10.3 Å². The Balaban J connectivity index is 1.88. The molecule has 0 aromatic heterocycles. The molecule has 3 atom stereocenters. The van der Waals surface area contributed by atoms with Gasteiger partial charge in [-0.1, -0.05) is 48.5 Å². The summed E-state index contributed by atoms with van der Waals surface area (Å²) in [5.74, 6) is -8.90. The number of rotatable bonds is 7. The summed E-state index contributed by atoms with van der Waals surface area (Å²) in [5.41, 5.74) is -3.66. The summed E-state index contributed by atoms with van der Waals surface area (Å²) in [6, 6.07) is 16.7. The van der Waals surface area contributed by atoms with Crippen molar-refractivity contribution in [1.29, 1.82) is 0 Å². The molecule has 1 saturated heterocycles. The van der Waals surface area contributed by atoms with E-state index in [1.165, 1.54) is 6.92 Å². The molecular weight excluding hydrogens is 551 g/mol. The van der Waals surface area contributed by atoms with Crippen LogP contribution in [0.3, 0.4) is 0 Å². The number of carbonyl (C=O) groups is 3. The Labute approximate surface area is 240 Å². The molecule has 1 N–H and O–H groups in total. The summed E-state index contributed by atoms with van der Waals surface area (Å²) in [7, 11) is 0. The number of hydrogen-bond donors (Lipinski definition) is 1. The van der Waals surface area contributed by atoms with E-state index >= 15 is 0 Å². The topological polar surface area (TPSA) is 97.3 Å². The Morgan fingerprint density at radius 3 is 1.93 bits per heavy atom. The van der Waals surface area contributed by atoms with E-state index in [1.54, 1.807) is 74.5 Å². The van der Waals surface area contributed by atoms with E-state index in [1.807, 2.05) is 0 Å². The Kier molecular flexibility index (Phi) is 7.63. The number of carbonyl (C=O) groups excluding carboxylic acids is 3. The quantitative estimate of drug-likeness (QED) is 0.245. The number of ether oxygens (including phenoxy) is 2. The van der Waals surface area contributed by atoms with E-state index in [4.69, 9.17) is 9.47 Å². The SMILES string of the molecule is CCOC(=O)C1(C(=O)OCC)N[C@H](c2cc(F)c(F)c(F)c2)[C@]2(C(=O)N(c3ccccc3)N=C2C)[C@@H]1c1ccccc1. The van der Waals surface area contributed by atoms with Gasteiger partial charge in [-0.15, -0.1) is 0 Å². The van der Waals surface area contributed by atoms with Gasteiger partial charge < -0.3 is 9.47 Å². The van der Waals surface area contributed by atoms with Gasteiger partial charge >= 0.3 is 11.9 Å². The number of esters is 2. The lowest BCUT2D eigenvalue weighted by Gasteiger charge is -2.37. The first-order chi connectivity index (χ1) is 20.1. The minimum atomic E-state index is -2.38. The summed E-state index contributed by atoms with van der Waals surface area (Å²) in [5, 5.41) is 8.63. The Hall–Kier alpha value is -4.51. The molecule has 11 heteroatoms. The second kappa shape index (κ2) is 11.1. The lowest BCUT2D eigenvalue weighted by atomic mass is 9.61. The van der Waals surface area contributed by atoms with E-state index in [0.717, 1.165) is 17.1 Å². The fourth-order valence-electron chi connectivity index (χ4n) is 6.12. The zero-order valence-electron chi connectivity index (χ0n) is 23.1. The minimum absolute atomic E-state index is 0.127. The van der Waals surface area contributed by atoms with Crippen molar-refractivity contribution in [2.45, 2.75) is 38.3 Å². The highest BCUT2D eigenvalue weighted by Crippen LogP contribution is 2.61. The number of benzene rings is 3. The first kappa shape index (κ1) is 29.0. The molecule has 8 nitrogen and oxygen atoms in total. The minimum Gasteiger partial charge on any atom is -0.464 e. The monoisotopic (exact) mass is 579 g/mol. The van der Waals surface area contributed by atoms with Gasteiger partial charge in [-0.2, -0.15) is 10.1 Å². The van der Waals surface area contributed by atoms with Crippen molar-refractivity contribution in [3.8, 4) is 0 Å². The third-order valence-corrected chi connectivity index (χ3v) is 7.78. The summed E-state index contributed by atoms with van der Waals surface area (Å²) >= 11 is 0. The van der Waals surface area contributed by atoms with Gasteiger partial charge in [0.05, 0.1) is 30.7 Å². The second-order valence-electron chi connectivity index (χ2n) is 9.98. The van der Waals surface area contributed by atoms with E-state index in [-0.39, 0.29) is 24.5 Å². The van der Waals surface area contributed by atoms with Crippen molar-refractivity contribution in [2.24, 2.45) is 10.5 Å². The summed E-state index contributed by atoms with van der Waals surface area (Å²) in [6.07, 6.45) is 0. The fourth-order valence-corrected chi connectivity index (χ4v) is 6.12. The zero-order valence-corrected chi connectivity index (χ0v) is 23.1. The molecule has 1 amide bonds. The van der Waals surface area contributed by atoms with Crippen molar-refractivity contribution in [3.63, 3.8) is 0 Å². The van der Waals surface area contributed by atoms with E-state index in [2.05, 4.69) is 10.4 Å². The van der Waals surface area contributed by atoms with E-state index in [0.29, 0.717) is 11.3 Å². The highest BCUT2D eigenvalue weighted by molar-refractivity contribution is 6.23. The van der Waals surface area contributed by atoms with Crippen molar-refractivity contribution in [1.82, 2.24) is 5.32 Å². The summed E-state index contributed by atoms with van der Waals surface area (Å²) in [4.78, 5) is 42.8. The number of hydrazone groups is 1. The molecule has 2 aliphatic rings. The Morgan fingerprint density at radius 1 is 0.881 bits per heavy atom. The number of halogens is 3. The van der Waals surface area contributed by atoms with Crippen LogP contribution in [0.5, 0.6) is 0 Å². The lowest BCUT2D eigenvalue weighted by Crippen LogP contribution is -2.60. The lowest BCUT2D eigenvalue weighted by molar-refractivity contribution is -0.166. The number of hydrogen-bond acceptors (Lipinski definition) is 7. The molecule has 5 rings (SSSR count). The third kappa shape index (κ3) is 4.18. The van der Waals surface area contributed by atoms with Gasteiger partial charge in [0.1, 0.15) is 5.41 Å². The molecule has 0 radical (unpaired) electrons. The Bertz CT molecular complexity index is 1530. The molecule has 3 aromatic carbocycles. The van der Waals surface area contributed by atoms with E-state index < -0.39 is 58.2 Å². The summed E-state index contributed by atoms with van der Waals surface area (Å²) < 4.78 is 54.4. The van der Waals surface area contributed by atoms with Gasteiger partial charge in [0.2, 0.25) is 5.54 Å². The second-order valence-corrected chi connectivity index (χ2v) is 9.98. The van der Waals surface area contributed by atoms with Gasteiger partial charge in [-0.3, -0.25) is 10.1 Å². The van der Waals surface area contributed by atoms with Crippen molar-refractivity contribution in [2.75, 3.05) is 18.2 Å². The average molecular weight is 580 g/mol. The van der Waals surface area contributed by atoms with Crippen LogP contribution in [0, 0.1) is 22.9 Å². The number of nitrogens with one attached hydrogen (secondary N) is 1. The predicted molar refractivity (Wildman–Crippen MR) is 147 cm³/mol. The fraction of sp³-hybridized carbons (Fsp3) is 0.290. The highest BCUT2D eigenvalue weighted by atomic mass is 19.2. The van der Waals surface area contributed by atoms with Crippen LogP contribution in [0.2, 0.25) is 0 Å². The largest absolute Gasteiger partial charge is 0.464 e. The van der Waals surface area contributed by atoms with Gasteiger partial charge in [0, 0.05) is 5.92 Å². The molecule has 42 heavy (non-hydrogen) atoms. The Morgan fingerprint density at radius 2 is 1.40 bits per heavy atom. The predicted octanol–water partition coefficient (Wildman–Crippen LogP) is 4.81. The third-order valence-electron chi connectivity index (χ3n) is 7.78. The number of amides is 1. The van der Waals surface area contributed by atoms with Gasteiger partial charge in [-0.05, 0) is 56.2 Å². The standard InChI is InChI=1S/C31H28F3N3O5/c1-4-41-28(39)31(29(40)42-5-2)25(19-12-8-6-9-13-19)30(26(35-31)20-16-22(32)24(34)23(33)17-20)18(3)36-37(27(30)38)21-14-10-7-11-15-21/h6-17,25-26,35H,4-5H2,1-3H3/t25-,26+,30+/m0/s1. The van der Waals surface area contributed by atoms with Crippen LogP contribution in [0.15, 0.2) is 77.9 Å². The number of nitrogens with zero attached hydrogens (tertiary/aromatic N) is 2. The molecule has 2 aliphatic heterocycles. The summed E-state index contributed by atoms with van der Waals surface area (Å²) in [6.45, 7) is 4.38. The number of para-hydroxylation sites is 1. The average Bonchev–Trinajstić information content (AvgIpc) is 3.46. The van der Waals surface area contributed by atoms with Gasteiger partial charge in [-0.25, -0.2) is 22.8 Å². The molecule has 218 valence electrons. The maximum atomic E-state index is 14.8. The normalized spacial score (nSPS) is 22.8. The number of anilines is 1. The van der Waals surface area contributed by atoms with Crippen molar-refractivity contribution < 1.29 is 37.0 Å². The van der Waals surface area contributed by atoms with Crippen molar-refractivity contribution in [3.05, 3.63) is 101 Å². The molecule has 0 bridgehead atoms. The van der Waals surface area contributed by atoms with E-state index in [9.17, 15) is 27.6 Å². The van der Waals surface area contributed by atoms with Crippen LogP contribution in [0.25, 0.3) is 0 Å². The maximum absolute atomic E-state index is 14.8. The molecule has 1 spiro atoms. The highest BCUT2D eigenvalue weighted by Gasteiger charge is 2.76. The molecule has 3 aromatic rings. The first-order valence-corrected chi connectivity index (χ1v) is 13.4. The maximum Gasteiger partial charge on any atom is 0.338 e. The zero-order chi connectivity index (χ0) is 30.2. The van der Waals surface area contributed by atoms with Crippen LogP contribution in [0.1, 0.15) is 43.9 Å². The van der Waals surface area contributed by atoms with Crippen molar-refractivity contribution >= 4 is 29.2 Å². The smallest absolute Gasteiger partial charge is 0.338 e. The van der Waals surface area contributed by atoms with Gasteiger partial charge in [0.25, 0.3) is 5.91 Å². The molecular formula is C31H28F3N3O5. The molecule has 0 aliphatic carbocycles. The van der Waals surface area contributed by atoms with Crippen LogP contribution in [0.4, 0.5) is 18.9 Å². The molecule has 1 fully saturated rings. The van der Waals surface area contributed by atoms with Gasteiger partial charge in [0.15, 0.2) is 17.5 Å². The van der Waals surface area contributed by atoms with Crippen LogP contribution in [-0.2, 0) is 23.9 Å². The molecule has 2 heterocycles. The van der Waals surface area contributed by atoms with Crippen LogP contribution in [-0.4, -0.2) is 42.3 Å². The molecule has 0 unspecified atom stereocenters. The van der Waals surface area contributed by atoms with Crippen LogP contribution >= 0.6 is 0 Å².